The van der Waals surface area contributed by atoms with Gasteiger partial charge in [0, 0.05) is 6.20 Å². The van der Waals surface area contributed by atoms with E-state index in [1.54, 1.807) is 63.4 Å². The van der Waals surface area contributed by atoms with Crippen LogP contribution in [0.25, 0.3) is 5.57 Å². The van der Waals surface area contributed by atoms with Crippen LogP contribution in [0.4, 0.5) is 10.6 Å². The summed E-state index contributed by atoms with van der Waals surface area (Å²) in [6.07, 6.45) is 0.322. The molecule has 1 saturated heterocycles. The number of aliphatic hydroxyl groups excluding tert-OH is 1. The average Bonchev–Trinajstić information content (AvgIpc) is 3.44. The van der Waals surface area contributed by atoms with Gasteiger partial charge < -0.3 is 29.2 Å². The Bertz CT molecular complexity index is 1240. The number of fused-ring (bicyclic) bond motifs is 1. The smallest absolute Gasteiger partial charge is 0.418 e. The lowest BCUT2D eigenvalue weighted by atomic mass is 9.82. The second-order valence-electron chi connectivity index (χ2n) is 9.93. The second kappa shape index (κ2) is 10.1. The number of hydrogen-bond donors (Lipinski definition) is 3. The number of benzene rings is 1. The molecule has 3 heterocycles. The molecule has 1 aromatic heterocycles. The molecule has 2 amide bonds. The molecule has 0 radical (unpaired) electrons. The number of nitrogens with zero attached hydrogens (tertiary/aromatic N) is 1. The van der Waals surface area contributed by atoms with Gasteiger partial charge in [-0.3, -0.25) is 14.9 Å². The zero-order valence-corrected chi connectivity index (χ0v) is 20.9. The minimum atomic E-state index is -0.899. The number of ether oxygens (including phenoxy) is 3. The van der Waals surface area contributed by atoms with Gasteiger partial charge in [-0.25, -0.2) is 9.59 Å². The number of aromatic amines is 1. The first-order chi connectivity index (χ1) is 17.5. The van der Waals surface area contributed by atoms with E-state index in [9.17, 15) is 24.3 Å². The van der Waals surface area contributed by atoms with Crippen LogP contribution in [0.5, 0.6) is 5.75 Å². The quantitative estimate of drug-likeness (QED) is 0.292. The number of amides is 2. The van der Waals surface area contributed by atoms with E-state index in [1.165, 1.54) is 11.8 Å². The van der Waals surface area contributed by atoms with Gasteiger partial charge in [-0.05, 0) is 69.5 Å². The molecule has 1 aromatic carbocycles. The van der Waals surface area contributed by atoms with E-state index in [0.29, 0.717) is 17.0 Å². The van der Waals surface area contributed by atoms with Crippen molar-refractivity contribution < 1.29 is 38.5 Å². The van der Waals surface area contributed by atoms with Crippen molar-refractivity contribution >= 4 is 35.3 Å². The SMILES string of the molecule is C[C@@H](O)[C@H]1C(=O)N2C(C(=O)OCOC(=O)C(C)(C)C)=C(c3cccc(OC(=O)Nc4ccc[nH]4)c3)C[C@H]12. The summed E-state index contributed by atoms with van der Waals surface area (Å²) in [4.78, 5) is 54.3. The summed E-state index contributed by atoms with van der Waals surface area (Å²) in [7, 11) is 0. The van der Waals surface area contributed by atoms with Crippen molar-refractivity contribution in [3.05, 3.63) is 53.9 Å². The highest BCUT2D eigenvalue weighted by atomic mass is 16.7. The highest BCUT2D eigenvalue weighted by Gasteiger charge is 2.57. The zero-order chi connectivity index (χ0) is 26.9. The van der Waals surface area contributed by atoms with E-state index in [0.717, 1.165) is 0 Å². The number of carbonyl (C=O) groups excluding carboxylic acids is 4. The summed E-state index contributed by atoms with van der Waals surface area (Å²) in [6, 6.07) is 9.47. The van der Waals surface area contributed by atoms with Crippen LogP contribution in [0.2, 0.25) is 0 Å². The predicted molar refractivity (Wildman–Crippen MR) is 131 cm³/mol. The molecule has 4 rings (SSSR count). The number of β-lactam (4-membered cyclic amide) rings is 1. The molecule has 0 saturated carbocycles. The van der Waals surface area contributed by atoms with Crippen molar-refractivity contribution in [1.82, 2.24) is 9.88 Å². The third-order valence-corrected chi connectivity index (χ3v) is 6.14. The first-order valence-corrected chi connectivity index (χ1v) is 11.8. The molecule has 2 aliphatic heterocycles. The highest BCUT2D eigenvalue weighted by molar-refractivity contribution is 6.07. The summed E-state index contributed by atoms with van der Waals surface area (Å²) in [5, 5.41) is 12.6. The fraction of sp³-hybridized carbons (Fsp3) is 0.385. The summed E-state index contributed by atoms with van der Waals surface area (Å²) < 4.78 is 15.6. The summed E-state index contributed by atoms with van der Waals surface area (Å²) in [6.45, 7) is 5.92. The predicted octanol–water partition coefficient (Wildman–Crippen LogP) is 3.04. The maximum absolute atomic E-state index is 13.1. The molecule has 11 heteroatoms. The standard InChI is InChI=1S/C26H29N3O8/c1-14(30)20-18-12-17(15-7-5-8-16(11-15)37-25(34)28-19-9-6-10-27-19)21(29(18)22(20)31)23(32)35-13-36-24(33)26(2,3)4/h5-11,14,18,20,27,30H,12-13H2,1-4H3,(H,28,34)/t14-,18-,20-/m1/s1. The van der Waals surface area contributed by atoms with Crippen LogP contribution in [-0.2, 0) is 23.9 Å². The van der Waals surface area contributed by atoms with Crippen LogP contribution < -0.4 is 10.1 Å². The van der Waals surface area contributed by atoms with Gasteiger partial charge >= 0.3 is 18.0 Å². The van der Waals surface area contributed by atoms with Crippen LogP contribution in [0.1, 0.15) is 39.7 Å². The molecule has 0 aliphatic carbocycles. The summed E-state index contributed by atoms with van der Waals surface area (Å²) in [5.41, 5.74) is 0.256. The van der Waals surface area contributed by atoms with Crippen LogP contribution in [0, 0.1) is 11.3 Å². The van der Waals surface area contributed by atoms with Crippen molar-refractivity contribution in [2.24, 2.45) is 11.3 Å². The van der Waals surface area contributed by atoms with Crippen molar-refractivity contribution in [1.29, 1.82) is 0 Å². The van der Waals surface area contributed by atoms with Crippen LogP contribution in [0.15, 0.2) is 48.3 Å². The summed E-state index contributed by atoms with van der Waals surface area (Å²) in [5.74, 6) is -1.77. The number of aromatic nitrogens is 1. The number of carbonyl (C=O) groups is 4. The van der Waals surface area contributed by atoms with E-state index in [4.69, 9.17) is 14.2 Å². The Kier molecular flexibility index (Phi) is 7.08. The van der Waals surface area contributed by atoms with Gasteiger partial charge in [-0.2, -0.15) is 0 Å². The van der Waals surface area contributed by atoms with Crippen molar-refractivity contribution in [3.8, 4) is 5.75 Å². The molecule has 3 atom stereocenters. The molecule has 0 spiro atoms. The maximum atomic E-state index is 13.1. The number of esters is 2. The van der Waals surface area contributed by atoms with Gasteiger partial charge in [0.25, 0.3) is 0 Å². The molecule has 2 aromatic rings. The van der Waals surface area contributed by atoms with Crippen LogP contribution in [0.3, 0.4) is 0 Å². The number of H-pyrrole nitrogens is 1. The Morgan fingerprint density at radius 3 is 2.59 bits per heavy atom. The van der Waals surface area contributed by atoms with Gasteiger partial charge in [-0.1, -0.05) is 12.1 Å². The zero-order valence-electron chi connectivity index (χ0n) is 20.9. The molecule has 0 unspecified atom stereocenters. The lowest BCUT2D eigenvalue weighted by Gasteiger charge is -2.44. The molecule has 0 bridgehead atoms. The third-order valence-electron chi connectivity index (χ3n) is 6.14. The monoisotopic (exact) mass is 511 g/mol. The number of nitrogens with one attached hydrogen (secondary N) is 2. The third kappa shape index (κ3) is 5.36. The molecule has 2 aliphatic rings. The minimum Gasteiger partial charge on any atom is -0.427 e. The van der Waals surface area contributed by atoms with Crippen molar-refractivity contribution in [2.75, 3.05) is 12.1 Å². The van der Waals surface area contributed by atoms with E-state index in [-0.39, 0.29) is 17.9 Å². The fourth-order valence-electron chi connectivity index (χ4n) is 4.34. The Hall–Kier alpha value is -4.12. The number of hydrogen-bond acceptors (Lipinski definition) is 8. The molecular weight excluding hydrogens is 482 g/mol. The van der Waals surface area contributed by atoms with Crippen LogP contribution >= 0.6 is 0 Å². The average molecular weight is 512 g/mol. The van der Waals surface area contributed by atoms with Crippen LogP contribution in [-0.4, -0.2) is 57.9 Å². The molecule has 37 heavy (non-hydrogen) atoms. The Balaban J connectivity index is 1.56. The van der Waals surface area contributed by atoms with Crippen molar-refractivity contribution in [2.45, 2.75) is 46.3 Å². The van der Waals surface area contributed by atoms with E-state index < -0.39 is 54.2 Å². The molecule has 11 nitrogen and oxygen atoms in total. The Morgan fingerprint density at radius 1 is 1.19 bits per heavy atom. The second-order valence-corrected chi connectivity index (χ2v) is 9.93. The van der Waals surface area contributed by atoms with Gasteiger partial charge in [0.1, 0.15) is 17.3 Å². The van der Waals surface area contributed by atoms with Gasteiger partial charge in [0.15, 0.2) is 0 Å². The maximum Gasteiger partial charge on any atom is 0.418 e. The van der Waals surface area contributed by atoms with Gasteiger partial charge in [0.05, 0.1) is 23.5 Å². The number of rotatable bonds is 7. The molecular formula is C26H29N3O8. The minimum absolute atomic E-state index is 0.00620. The first-order valence-electron chi connectivity index (χ1n) is 11.8. The lowest BCUT2D eigenvalue weighted by Crippen LogP contribution is -2.61. The number of aliphatic hydroxyl groups is 1. The highest BCUT2D eigenvalue weighted by Crippen LogP contribution is 2.47. The first kappa shape index (κ1) is 26.0. The largest absolute Gasteiger partial charge is 0.427 e. The van der Waals surface area contributed by atoms with E-state index in [1.807, 2.05) is 0 Å². The van der Waals surface area contributed by atoms with Crippen molar-refractivity contribution in [3.63, 3.8) is 0 Å². The Labute approximate surface area is 213 Å². The van der Waals surface area contributed by atoms with E-state index in [2.05, 4.69) is 10.3 Å². The Morgan fingerprint density at radius 2 is 1.95 bits per heavy atom. The van der Waals surface area contributed by atoms with E-state index >= 15 is 0 Å². The molecule has 3 N–H and O–H groups in total. The van der Waals surface area contributed by atoms with Gasteiger partial charge in [0.2, 0.25) is 12.7 Å². The summed E-state index contributed by atoms with van der Waals surface area (Å²) >= 11 is 0. The number of anilines is 1. The topological polar surface area (TPSA) is 147 Å². The molecule has 1 fully saturated rings. The lowest BCUT2D eigenvalue weighted by molar-refractivity contribution is -0.175. The molecule has 196 valence electrons. The van der Waals surface area contributed by atoms with Gasteiger partial charge in [-0.15, -0.1) is 0 Å². The fourth-order valence-corrected chi connectivity index (χ4v) is 4.34. The normalized spacial score (nSPS) is 19.6.